The fourth-order valence-electron chi connectivity index (χ4n) is 10.5. The number of hydrogen-bond donors (Lipinski definition) is 0. The van der Waals surface area contributed by atoms with Crippen LogP contribution in [0, 0.1) is 46.3 Å². The molecule has 0 aromatic rings. The Bertz CT molecular complexity index is 861. The summed E-state index contributed by atoms with van der Waals surface area (Å²) in [6, 6.07) is 0. The van der Waals surface area contributed by atoms with Crippen molar-refractivity contribution in [3.05, 3.63) is 0 Å². The second-order valence-electron chi connectivity index (χ2n) is 14.4. The molecule has 0 unspecified atom stereocenters. The van der Waals surface area contributed by atoms with Crippen LogP contribution in [-0.4, -0.2) is 35.5 Å². The molecule has 7 fully saturated rings. The van der Waals surface area contributed by atoms with E-state index in [0.717, 1.165) is 32.1 Å². The van der Waals surface area contributed by atoms with Crippen molar-refractivity contribution in [1.29, 1.82) is 0 Å². The molecule has 0 aromatic carbocycles. The summed E-state index contributed by atoms with van der Waals surface area (Å²) < 4.78 is 12.0. The van der Waals surface area contributed by atoms with Crippen LogP contribution in [0.5, 0.6) is 0 Å². The quantitative estimate of drug-likeness (QED) is 0.252. The molecule has 2 spiro atoms. The zero-order valence-electron chi connectivity index (χ0n) is 23.1. The van der Waals surface area contributed by atoms with Gasteiger partial charge in [0.05, 0.1) is 12.2 Å². The third-order valence-electron chi connectivity index (χ3n) is 12.8. The van der Waals surface area contributed by atoms with Gasteiger partial charge in [0.2, 0.25) is 0 Å². The van der Waals surface area contributed by atoms with Gasteiger partial charge in [-0.1, -0.05) is 41.5 Å². The average molecular weight is 489 g/mol. The zero-order chi connectivity index (χ0) is 25.0. The van der Waals surface area contributed by atoms with E-state index in [9.17, 15) is 4.79 Å². The molecule has 3 saturated heterocycles. The fraction of sp³-hybridized carbons (Fsp3) is 0.967. The highest BCUT2D eigenvalue weighted by molar-refractivity contribution is 5.66. The van der Waals surface area contributed by atoms with Gasteiger partial charge in [-0.3, -0.25) is 4.79 Å². The van der Waals surface area contributed by atoms with E-state index in [0.29, 0.717) is 53.1 Å². The molecule has 7 aliphatic rings. The van der Waals surface area contributed by atoms with E-state index in [4.69, 9.17) is 19.2 Å². The number of hydrogen-bond acceptors (Lipinski definition) is 5. The lowest BCUT2D eigenvalue weighted by Gasteiger charge is -2.72. The third-order valence-corrected chi connectivity index (χ3v) is 12.8. The van der Waals surface area contributed by atoms with Crippen molar-refractivity contribution in [2.24, 2.45) is 46.3 Å². The molecule has 35 heavy (non-hydrogen) atoms. The lowest BCUT2D eigenvalue weighted by Crippen LogP contribution is -2.75. The second-order valence-corrected chi connectivity index (χ2v) is 14.4. The lowest BCUT2D eigenvalue weighted by molar-refractivity contribution is -0.536. The second kappa shape index (κ2) is 7.93. The summed E-state index contributed by atoms with van der Waals surface area (Å²) in [5, 5.41) is 0. The maximum Gasteiger partial charge on any atom is 0.302 e. The van der Waals surface area contributed by atoms with Gasteiger partial charge >= 0.3 is 5.97 Å². The van der Waals surface area contributed by atoms with E-state index in [-0.39, 0.29) is 28.7 Å². The molecular formula is C30H48O5. The summed E-state index contributed by atoms with van der Waals surface area (Å²) in [6.07, 6.45) is 10.8. The molecule has 0 aromatic heterocycles. The van der Waals surface area contributed by atoms with Crippen molar-refractivity contribution in [2.45, 2.75) is 136 Å². The number of ether oxygens (including phenoxy) is 2. The summed E-state index contributed by atoms with van der Waals surface area (Å²) >= 11 is 0. The fourth-order valence-corrected chi connectivity index (χ4v) is 10.5. The molecular weight excluding hydrogens is 440 g/mol. The van der Waals surface area contributed by atoms with Crippen LogP contribution < -0.4 is 0 Å². The van der Waals surface area contributed by atoms with Crippen molar-refractivity contribution < 1.29 is 24.0 Å². The molecule has 5 nitrogen and oxygen atoms in total. The van der Waals surface area contributed by atoms with Gasteiger partial charge < -0.3 is 9.47 Å². The van der Waals surface area contributed by atoms with E-state index >= 15 is 0 Å². The Kier molecular flexibility index (Phi) is 5.59. The van der Waals surface area contributed by atoms with Crippen molar-refractivity contribution in [2.75, 3.05) is 0 Å². The maximum atomic E-state index is 11.7. The normalized spacial score (nSPS) is 53.9. The van der Waals surface area contributed by atoms with Crippen LogP contribution in [-0.2, 0) is 24.0 Å². The lowest BCUT2D eigenvalue weighted by atomic mass is 9.40. The molecule has 3 aliphatic heterocycles. The highest BCUT2D eigenvalue weighted by Crippen LogP contribution is 2.75. The number of fused-ring (bicyclic) bond motifs is 3. The molecule has 5 heteroatoms. The van der Waals surface area contributed by atoms with Gasteiger partial charge in [0.15, 0.2) is 0 Å². The SMILES string of the molecule is CC(=O)O[C@@H]1CC[C@]2(C)[C@@H]3CC[C@@]4(C)[C@@H](CC[C@H]4[C@H](C)[C@@H]4O[C@H]4[C@H](C)C(C)C)[C@@]34CC[C@]2(C1)OO4. The summed E-state index contributed by atoms with van der Waals surface area (Å²) in [6.45, 7) is 16.1. The van der Waals surface area contributed by atoms with Gasteiger partial charge in [-0.25, -0.2) is 9.78 Å². The van der Waals surface area contributed by atoms with Gasteiger partial charge in [0, 0.05) is 18.8 Å². The summed E-state index contributed by atoms with van der Waals surface area (Å²) in [5.74, 6) is 3.51. The first-order valence-electron chi connectivity index (χ1n) is 14.7. The van der Waals surface area contributed by atoms with E-state index in [2.05, 4.69) is 41.5 Å². The molecule has 4 aliphatic carbocycles. The Morgan fingerprint density at radius 1 is 0.886 bits per heavy atom. The minimum Gasteiger partial charge on any atom is -0.462 e. The van der Waals surface area contributed by atoms with Crippen LogP contribution in [0.25, 0.3) is 0 Å². The molecule has 3 heterocycles. The van der Waals surface area contributed by atoms with Crippen molar-refractivity contribution >= 4 is 5.97 Å². The first-order valence-corrected chi connectivity index (χ1v) is 14.7. The summed E-state index contributed by atoms with van der Waals surface area (Å²) in [4.78, 5) is 24.8. The number of esters is 1. The molecule has 0 radical (unpaired) electrons. The standard InChI is InChI=1S/C30H48O5/c1-17(2)18(3)25-26(33-25)19(4)22-8-9-23-27(22,6)12-11-24-28(7)13-10-21(32-20(5)31)16-29(28)14-15-30(23,24)35-34-29/h17-19,21-26H,8-16H2,1-7H3/t18-,19+,21-,22+,23-,24+,25+,26+,27-,28-,29-,30+/m1/s1. The Morgan fingerprint density at radius 3 is 2.31 bits per heavy atom. The number of carbonyl (C=O) groups is 1. The topological polar surface area (TPSA) is 57.3 Å². The first kappa shape index (κ1) is 24.7. The van der Waals surface area contributed by atoms with E-state index in [1.165, 1.54) is 32.6 Å². The summed E-state index contributed by atoms with van der Waals surface area (Å²) in [7, 11) is 0. The predicted octanol–water partition coefficient (Wildman–Crippen LogP) is 6.48. The number of rotatable bonds is 5. The molecule has 0 N–H and O–H groups in total. The van der Waals surface area contributed by atoms with Gasteiger partial charge in [-0.2, -0.15) is 0 Å². The summed E-state index contributed by atoms with van der Waals surface area (Å²) in [5.41, 5.74) is -0.0672. The van der Waals surface area contributed by atoms with E-state index < -0.39 is 0 Å². The zero-order valence-corrected chi connectivity index (χ0v) is 23.1. The monoisotopic (exact) mass is 488 g/mol. The van der Waals surface area contributed by atoms with Crippen LogP contribution in [0.15, 0.2) is 0 Å². The highest BCUT2D eigenvalue weighted by atomic mass is 17.2. The Hall–Kier alpha value is -0.650. The predicted molar refractivity (Wildman–Crippen MR) is 133 cm³/mol. The highest BCUT2D eigenvalue weighted by Gasteiger charge is 2.76. The Labute approximate surface area is 212 Å². The van der Waals surface area contributed by atoms with E-state index in [1.54, 1.807) is 0 Å². The van der Waals surface area contributed by atoms with Crippen LogP contribution in [0.2, 0.25) is 0 Å². The molecule has 0 amide bonds. The van der Waals surface area contributed by atoms with Crippen LogP contribution >= 0.6 is 0 Å². The molecule has 4 saturated carbocycles. The molecule has 7 rings (SSSR count). The molecule has 2 bridgehead atoms. The van der Waals surface area contributed by atoms with Crippen molar-refractivity contribution in [3.63, 3.8) is 0 Å². The Morgan fingerprint density at radius 2 is 1.66 bits per heavy atom. The van der Waals surface area contributed by atoms with Crippen LogP contribution in [0.3, 0.4) is 0 Å². The van der Waals surface area contributed by atoms with Gasteiger partial charge in [0.1, 0.15) is 17.3 Å². The van der Waals surface area contributed by atoms with Gasteiger partial charge in [-0.05, 0) is 92.3 Å². The van der Waals surface area contributed by atoms with Crippen molar-refractivity contribution in [3.8, 4) is 0 Å². The molecule has 12 atom stereocenters. The maximum absolute atomic E-state index is 11.7. The molecule has 198 valence electrons. The van der Waals surface area contributed by atoms with Crippen LogP contribution in [0.4, 0.5) is 0 Å². The number of carbonyl (C=O) groups excluding carboxylic acids is 1. The average Bonchev–Trinajstić information content (AvgIpc) is 3.52. The minimum absolute atomic E-state index is 0.0416. The van der Waals surface area contributed by atoms with E-state index in [1.807, 2.05) is 0 Å². The smallest absolute Gasteiger partial charge is 0.302 e. The van der Waals surface area contributed by atoms with Gasteiger partial charge in [0.25, 0.3) is 0 Å². The Balaban J connectivity index is 1.24. The van der Waals surface area contributed by atoms with Gasteiger partial charge in [-0.15, -0.1) is 0 Å². The minimum atomic E-state index is -0.307. The van der Waals surface area contributed by atoms with Crippen LogP contribution in [0.1, 0.15) is 106 Å². The van der Waals surface area contributed by atoms with Crippen molar-refractivity contribution in [1.82, 2.24) is 0 Å². The third kappa shape index (κ3) is 3.25. The number of epoxide rings is 1. The largest absolute Gasteiger partial charge is 0.462 e. The first-order chi connectivity index (χ1) is 16.5.